The zero-order valence-corrected chi connectivity index (χ0v) is 20.8. The van der Waals surface area contributed by atoms with Gasteiger partial charge in [-0.2, -0.15) is 5.10 Å². The third kappa shape index (κ3) is 4.87. The number of hydrogen-bond acceptors (Lipinski definition) is 7. The van der Waals surface area contributed by atoms with Crippen molar-refractivity contribution in [3.63, 3.8) is 0 Å². The maximum Gasteiger partial charge on any atom is 0.267 e. The Morgan fingerprint density at radius 2 is 1.97 bits per heavy atom. The Kier molecular flexibility index (Phi) is 6.70. The lowest BCUT2D eigenvalue weighted by Crippen LogP contribution is -2.24. The maximum absolute atomic E-state index is 13.7. The summed E-state index contributed by atoms with van der Waals surface area (Å²) in [6, 6.07) is 14.5. The number of aryl methyl sites for hydroxylation is 3. The third-order valence-corrected chi connectivity index (χ3v) is 8.04. The predicted octanol–water partition coefficient (Wildman–Crippen LogP) is 4.58. The minimum absolute atomic E-state index is 0.0347. The number of thiophene rings is 1. The number of benzene rings is 2. The molecular formula is C26H24N4O3S2. The van der Waals surface area contributed by atoms with Gasteiger partial charge in [0.2, 0.25) is 0 Å². The molecule has 1 aliphatic rings. The molecular weight excluding hydrogens is 480 g/mol. The van der Waals surface area contributed by atoms with Gasteiger partial charge in [0.15, 0.2) is 5.16 Å². The molecule has 5 rings (SSSR count). The summed E-state index contributed by atoms with van der Waals surface area (Å²) < 4.78 is 1.62. The smallest absolute Gasteiger partial charge is 0.267 e. The van der Waals surface area contributed by atoms with Crippen LogP contribution in [0.3, 0.4) is 0 Å². The highest BCUT2D eigenvalue weighted by Crippen LogP contribution is 2.35. The van der Waals surface area contributed by atoms with Gasteiger partial charge in [0.25, 0.3) is 11.5 Å². The molecule has 0 saturated heterocycles. The largest absolute Gasteiger partial charge is 0.507 e. The topological polar surface area (TPSA) is 96.6 Å². The summed E-state index contributed by atoms with van der Waals surface area (Å²) in [5, 5.41) is 14.9. The first-order chi connectivity index (χ1) is 17.0. The zero-order valence-electron chi connectivity index (χ0n) is 19.2. The lowest BCUT2D eigenvalue weighted by atomic mass is 9.97. The molecule has 2 aromatic carbocycles. The number of aromatic hydroxyl groups is 1. The summed E-state index contributed by atoms with van der Waals surface area (Å²) in [4.78, 5) is 33.1. The number of phenolic OH excluding ortho intramolecular Hbond substituents is 1. The van der Waals surface area contributed by atoms with Crippen molar-refractivity contribution in [1.82, 2.24) is 15.0 Å². The molecule has 2 N–H and O–H groups in total. The van der Waals surface area contributed by atoms with E-state index in [1.54, 1.807) is 40.2 Å². The molecule has 0 atom stereocenters. The Hall–Kier alpha value is -3.43. The van der Waals surface area contributed by atoms with Crippen LogP contribution in [0.2, 0.25) is 0 Å². The number of hydrogen-bond donors (Lipinski definition) is 2. The van der Waals surface area contributed by atoms with Gasteiger partial charge in [0.05, 0.1) is 23.0 Å². The second-order valence-corrected chi connectivity index (χ2v) is 10.4. The van der Waals surface area contributed by atoms with E-state index in [0.717, 1.165) is 47.3 Å². The normalized spacial score (nSPS) is 13.3. The van der Waals surface area contributed by atoms with E-state index in [2.05, 4.69) is 10.5 Å². The lowest BCUT2D eigenvalue weighted by molar-refractivity contribution is -0.118. The molecule has 0 fully saturated rings. The third-order valence-electron chi connectivity index (χ3n) is 5.91. The van der Waals surface area contributed by atoms with Crippen LogP contribution in [0.15, 0.2) is 63.6 Å². The molecule has 9 heteroatoms. The van der Waals surface area contributed by atoms with Gasteiger partial charge in [-0.05, 0) is 62.4 Å². The van der Waals surface area contributed by atoms with Crippen LogP contribution < -0.4 is 11.0 Å². The number of nitrogens with one attached hydrogen (secondary N) is 1. The van der Waals surface area contributed by atoms with Crippen LogP contribution in [0.4, 0.5) is 0 Å². The van der Waals surface area contributed by atoms with Crippen molar-refractivity contribution in [1.29, 1.82) is 0 Å². The minimum Gasteiger partial charge on any atom is -0.507 e. The van der Waals surface area contributed by atoms with Crippen LogP contribution in [0.25, 0.3) is 15.9 Å². The quantitative estimate of drug-likeness (QED) is 0.173. The molecule has 0 radical (unpaired) electrons. The number of thioether (sulfide) groups is 1. The van der Waals surface area contributed by atoms with E-state index < -0.39 is 0 Å². The van der Waals surface area contributed by atoms with Gasteiger partial charge in [-0.1, -0.05) is 41.6 Å². The number of nitrogens with zero attached hydrogens (tertiary/aromatic N) is 3. The number of fused-ring (bicyclic) bond motifs is 3. The van der Waals surface area contributed by atoms with Crippen molar-refractivity contribution in [2.45, 2.75) is 37.8 Å². The van der Waals surface area contributed by atoms with E-state index >= 15 is 0 Å². The first-order valence-electron chi connectivity index (χ1n) is 11.4. The molecule has 2 heterocycles. The summed E-state index contributed by atoms with van der Waals surface area (Å²) >= 11 is 2.80. The van der Waals surface area contributed by atoms with Crippen LogP contribution in [-0.4, -0.2) is 32.5 Å². The number of hydrazone groups is 1. The molecule has 0 spiro atoms. The number of amides is 1. The predicted molar refractivity (Wildman–Crippen MR) is 141 cm³/mol. The number of phenols is 1. The van der Waals surface area contributed by atoms with Crippen molar-refractivity contribution < 1.29 is 9.90 Å². The molecule has 35 heavy (non-hydrogen) atoms. The number of carbonyl (C=O) groups is 1. The fraction of sp³-hybridized carbons (Fsp3) is 0.231. The van der Waals surface area contributed by atoms with Gasteiger partial charge >= 0.3 is 0 Å². The second-order valence-electron chi connectivity index (χ2n) is 8.40. The monoisotopic (exact) mass is 504 g/mol. The number of carbonyl (C=O) groups excluding carboxylic acids is 1. The summed E-state index contributed by atoms with van der Waals surface area (Å²) in [5.74, 6) is -0.220. The van der Waals surface area contributed by atoms with Gasteiger partial charge in [-0.3, -0.25) is 14.2 Å². The summed E-state index contributed by atoms with van der Waals surface area (Å²) in [5.41, 5.74) is 5.86. The summed E-state index contributed by atoms with van der Waals surface area (Å²) in [7, 11) is 0. The second kappa shape index (κ2) is 10.1. The average Bonchev–Trinajstić information content (AvgIpc) is 3.23. The molecule has 7 nitrogen and oxygen atoms in total. The van der Waals surface area contributed by atoms with Gasteiger partial charge in [-0.15, -0.1) is 11.3 Å². The molecule has 0 bridgehead atoms. The van der Waals surface area contributed by atoms with Crippen LogP contribution in [-0.2, 0) is 17.6 Å². The Bertz CT molecular complexity index is 1490. The van der Waals surface area contributed by atoms with Crippen molar-refractivity contribution >= 4 is 45.4 Å². The Labute approximate surface area is 210 Å². The maximum atomic E-state index is 13.7. The molecule has 178 valence electrons. The van der Waals surface area contributed by atoms with Crippen LogP contribution in [0.5, 0.6) is 5.75 Å². The Balaban J connectivity index is 1.44. The SMILES string of the molecule is Cc1ccc(-n2c(SCC(=O)NN=Cc3ccccc3O)nc3sc4c(c3c2=O)CCCC4)cc1. The van der Waals surface area contributed by atoms with Crippen LogP contribution in [0, 0.1) is 6.92 Å². The first-order valence-corrected chi connectivity index (χ1v) is 13.2. The molecule has 1 aliphatic carbocycles. The molecule has 0 saturated carbocycles. The molecule has 4 aromatic rings. The molecule has 1 amide bonds. The van der Waals surface area contributed by atoms with Crippen LogP contribution >= 0.6 is 23.1 Å². The highest BCUT2D eigenvalue weighted by molar-refractivity contribution is 7.99. The van der Waals surface area contributed by atoms with E-state index in [0.29, 0.717) is 16.1 Å². The van der Waals surface area contributed by atoms with E-state index in [9.17, 15) is 14.7 Å². The highest BCUT2D eigenvalue weighted by Gasteiger charge is 2.23. The van der Waals surface area contributed by atoms with E-state index in [-0.39, 0.29) is 23.0 Å². The molecule has 0 aliphatic heterocycles. The minimum atomic E-state index is -0.336. The molecule has 0 unspecified atom stereocenters. The fourth-order valence-corrected chi connectivity index (χ4v) is 6.25. The van der Waals surface area contributed by atoms with E-state index in [4.69, 9.17) is 4.98 Å². The van der Waals surface area contributed by atoms with Crippen molar-refractivity contribution in [2.24, 2.45) is 5.10 Å². The number of para-hydroxylation sites is 1. The van der Waals surface area contributed by atoms with Crippen molar-refractivity contribution in [3.8, 4) is 11.4 Å². The number of rotatable bonds is 6. The zero-order chi connectivity index (χ0) is 24.4. The average molecular weight is 505 g/mol. The van der Waals surface area contributed by atoms with Gasteiger partial charge in [0.1, 0.15) is 10.6 Å². The standard InChI is InChI=1S/C26H24N4O3S2/c1-16-10-12-18(13-11-16)30-25(33)23-19-7-3-5-9-21(19)35-24(23)28-26(30)34-15-22(32)29-27-14-17-6-2-4-8-20(17)31/h2,4,6,8,10-14,31H,3,5,7,9,15H2,1H3,(H,29,32). The molecule has 2 aromatic heterocycles. The van der Waals surface area contributed by atoms with Crippen molar-refractivity contribution in [3.05, 3.63) is 80.5 Å². The Morgan fingerprint density at radius 3 is 2.77 bits per heavy atom. The first kappa shape index (κ1) is 23.3. The summed E-state index contributed by atoms with van der Waals surface area (Å²) in [6.07, 6.45) is 5.50. The van der Waals surface area contributed by atoms with E-state index in [1.165, 1.54) is 22.9 Å². The fourth-order valence-electron chi connectivity index (χ4n) is 4.14. The lowest BCUT2D eigenvalue weighted by Gasteiger charge is -2.13. The van der Waals surface area contributed by atoms with E-state index in [1.807, 2.05) is 31.2 Å². The van der Waals surface area contributed by atoms with Gasteiger partial charge in [-0.25, -0.2) is 10.4 Å². The summed E-state index contributed by atoms with van der Waals surface area (Å²) in [6.45, 7) is 2.00. The highest BCUT2D eigenvalue weighted by atomic mass is 32.2. The Morgan fingerprint density at radius 1 is 1.20 bits per heavy atom. The number of aromatic nitrogens is 2. The van der Waals surface area contributed by atoms with Crippen molar-refractivity contribution in [2.75, 3.05) is 5.75 Å². The van der Waals surface area contributed by atoms with Crippen LogP contribution in [0.1, 0.15) is 34.4 Å². The van der Waals surface area contributed by atoms with Gasteiger partial charge in [0, 0.05) is 10.4 Å². The van der Waals surface area contributed by atoms with Gasteiger partial charge < -0.3 is 5.11 Å².